The summed E-state index contributed by atoms with van der Waals surface area (Å²) < 4.78 is 30.2. The Morgan fingerprint density at radius 1 is 1.24 bits per heavy atom. The summed E-state index contributed by atoms with van der Waals surface area (Å²) >= 11 is 1.51. The summed E-state index contributed by atoms with van der Waals surface area (Å²) in [6.07, 6.45) is 3.14. The molecule has 0 aliphatic heterocycles. The molecule has 1 aromatic carbocycles. The zero-order valence-electron chi connectivity index (χ0n) is 8.44. The van der Waals surface area contributed by atoms with Crippen molar-refractivity contribution in [3.8, 4) is 0 Å². The van der Waals surface area contributed by atoms with Crippen molar-refractivity contribution >= 4 is 41.2 Å². The molecule has 7 heteroatoms. The van der Waals surface area contributed by atoms with Crippen molar-refractivity contribution in [2.45, 2.75) is 12.0 Å². The van der Waals surface area contributed by atoms with Gasteiger partial charge in [0.25, 0.3) is 0 Å². The van der Waals surface area contributed by atoms with Crippen LogP contribution in [0.25, 0.3) is 11.0 Å². The number of rotatable bonds is 4. The molecule has 0 radical (unpaired) electrons. The second-order valence-electron chi connectivity index (χ2n) is 3.21. The summed E-state index contributed by atoms with van der Waals surface area (Å²) in [5, 5.41) is 0. The Kier molecular flexibility index (Phi) is 4.10. The van der Waals surface area contributed by atoms with Crippen LogP contribution in [0.5, 0.6) is 0 Å². The van der Waals surface area contributed by atoms with Crippen molar-refractivity contribution in [3.05, 3.63) is 36.2 Å². The number of hydrogen-bond donors (Lipinski definition) is 0. The first-order valence-corrected chi connectivity index (χ1v) is 7.98. The molecule has 1 heterocycles. The minimum atomic E-state index is -3.17. The number of fused-ring (bicyclic) bond motifs is 1. The topological polar surface area (TPSA) is 35.0 Å². The zero-order chi connectivity index (χ0) is 12.3. The molecule has 0 aliphatic carbocycles. The fourth-order valence-electron chi connectivity index (χ4n) is 1.29. The highest BCUT2D eigenvalue weighted by Gasteiger charge is 2.29. The van der Waals surface area contributed by atoms with Gasteiger partial charge in [-0.15, -0.1) is 0 Å². The Balaban J connectivity index is 2.14. The van der Waals surface area contributed by atoms with Gasteiger partial charge in [0.1, 0.15) is 0 Å². The molecule has 0 fully saturated rings. The number of aromatic nitrogens is 2. The molecular weight excluding hydrogens is 361 g/mol. The molecule has 0 spiro atoms. The summed E-state index contributed by atoms with van der Waals surface area (Å²) in [4.78, 5) is 8.18. The maximum absolute atomic E-state index is 12.9. The van der Waals surface area contributed by atoms with Crippen LogP contribution in [0.2, 0.25) is 0 Å². The molecule has 90 valence electrons. The van der Waals surface area contributed by atoms with E-state index < -0.39 is 5.44 Å². The van der Waals surface area contributed by atoms with E-state index in [-0.39, 0.29) is 6.61 Å². The van der Waals surface area contributed by atoms with E-state index in [0.717, 1.165) is 5.52 Å². The predicted octanol–water partition coefficient (Wildman–Crippen LogP) is 3.78. The van der Waals surface area contributed by atoms with Gasteiger partial charge >= 0.3 is 5.44 Å². The van der Waals surface area contributed by atoms with Crippen LogP contribution in [0.3, 0.4) is 0 Å². The molecule has 0 N–H and O–H groups in total. The molecule has 3 nitrogen and oxygen atoms in total. The summed E-state index contributed by atoms with van der Waals surface area (Å²) in [5.41, 5.74) is -1.13. The van der Waals surface area contributed by atoms with E-state index in [1.807, 2.05) is 0 Å². The number of hydrogen-bond acceptors (Lipinski definition) is 4. The maximum atomic E-state index is 12.9. The fourth-order valence-corrected chi connectivity index (χ4v) is 1.77. The van der Waals surface area contributed by atoms with Gasteiger partial charge in [0.05, 0.1) is 17.6 Å². The Morgan fingerprint density at radius 3 is 2.65 bits per heavy atom. The molecule has 0 saturated heterocycles. The number of nitrogens with zero attached hydrogens (tertiary/aromatic N) is 2. The first-order chi connectivity index (χ1) is 8.11. The lowest BCUT2D eigenvalue weighted by atomic mass is 10.2. The molecule has 0 bridgehead atoms. The minimum Gasteiger partial charge on any atom is -0.306 e. The van der Waals surface area contributed by atoms with Crippen LogP contribution in [0.4, 0.5) is 8.78 Å². The number of alkyl halides is 2. The van der Waals surface area contributed by atoms with Crippen molar-refractivity contribution < 1.29 is 13.5 Å². The number of ether oxygens (including phenoxy) is 1. The average molecular weight is 368 g/mol. The van der Waals surface area contributed by atoms with Crippen molar-refractivity contribution in [3.63, 3.8) is 0 Å². The number of benzene rings is 1. The first-order valence-electron chi connectivity index (χ1n) is 4.62. The Hall–Kier alpha value is -0.540. The normalized spacial score (nSPS) is 11.9. The highest BCUT2D eigenvalue weighted by atomic mass is 127. The average Bonchev–Trinajstić information content (AvgIpc) is 2.36. The van der Waals surface area contributed by atoms with Crippen LogP contribution in [0, 0.1) is 0 Å². The second-order valence-corrected chi connectivity index (χ2v) is 5.16. The smallest absolute Gasteiger partial charge is 0.306 e. The van der Waals surface area contributed by atoms with Gasteiger partial charge < -0.3 is 4.74 Å². The van der Waals surface area contributed by atoms with Gasteiger partial charge in [0.15, 0.2) is 0 Å². The van der Waals surface area contributed by atoms with Crippen LogP contribution < -0.4 is 0 Å². The van der Waals surface area contributed by atoms with Gasteiger partial charge in [-0.1, -0.05) is 6.07 Å². The molecule has 0 aliphatic rings. The Morgan fingerprint density at radius 2 is 1.94 bits per heavy atom. The van der Waals surface area contributed by atoms with Crippen molar-refractivity contribution in [2.75, 3.05) is 0 Å². The molecule has 1 aromatic heterocycles. The van der Waals surface area contributed by atoms with Crippen LogP contribution in [0.1, 0.15) is 5.56 Å². The lowest BCUT2D eigenvalue weighted by Crippen LogP contribution is -2.13. The molecule has 0 atom stereocenters. The van der Waals surface area contributed by atoms with Crippen molar-refractivity contribution in [1.82, 2.24) is 9.97 Å². The van der Waals surface area contributed by atoms with Crippen LogP contribution in [0.15, 0.2) is 30.6 Å². The second kappa shape index (κ2) is 5.40. The predicted molar refractivity (Wildman–Crippen MR) is 70.9 cm³/mol. The number of halogens is 3. The quantitative estimate of drug-likeness (QED) is 0.608. The molecule has 0 saturated carbocycles. The Labute approximate surface area is 113 Å². The van der Waals surface area contributed by atoms with E-state index in [1.165, 1.54) is 21.2 Å². The maximum Gasteiger partial charge on any atom is 0.417 e. The molecular formula is C10H7F2IN2OS. The van der Waals surface area contributed by atoms with Gasteiger partial charge in [-0.3, -0.25) is 9.97 Å². The Bertz CT molecular complexity index is 526. The van der Waals surface area contributed by atoms with Crippen LogP contribution in [-0.4, -0.2) is 15.4 Å². The zero-order valence-corrected chi connectivity index (χ0v) is 11.4. The molecule has 2 rings (SSSR count). The standard InChI is InChI=1S/C10H7F2IN2OS/c11-10(12,17-13)16-6-7-1-2-8-9(5-7)15-4-3-14-8/h1-5H,6H2. The van der Waals surface area contributed by atoms with Crippen molar-refractivity contribution in [2.24, 2.45) is 0 Å². The lowest BCUT2D eigenvalue weighted by Gasteiger charge is -2.12. The fraction of sp³-hybridized carbons (Fsp3) is 0.200. The monoisotopic (exact) mass is 368 g/mol. The highest BCUT2D eigenvalue weighted by Crippen LogP contribution is 2.36. The van der Waals surface area contributed by atoms with E-state index in [4.69, 9.17) is 0 Å². The van der Waals surface area contributed by atoms with Crippen LogP contribution in [-0.2, 0) is 11.3 Å². The van der Waals surface area contributed by atoms with Gasteiger partial charge in [0, 0.05) is 42.5 Å². The van der Waals surface area contributed by atoms with E-state index in [1.54, 1.807) is 30.6 Å². The van der Waals surface area contributed by atoms with E-state index >= 15 is 0 Å². The summed E-state index contributed by atoms with van der Waals surface area (Å²) in [6.45, 7) is -0.157. The largest absolute Gasteiger partial charge is 0.417 e. The van der Waals surface area contributed by atoms with E-state index in [9.17, 15) is 8.78 Å². The molecule has 17 heavy (non-hydrogen) atoms. The van der Waals surface area contributed by atoms with E-state index in [2.05, 4.69) is 14.7 Å². The van der Waals surface area contributed by atoms with Gasteiger partial charge in [-0.25, -0.2) is 0 Å². The van der Waals surface area contributed by atoms with Gasteiger partial charge in [-0.05, 0) is 17.7 Å². The van der Waals surface area contributed by atoms with Gasteiger partial charge in [-0.2, -0.15) is 8.78 Å². The van der Waals surface area contributed by atoms with Crippen LogP contribution >= 0.6 is 30.1 Å². The first kappa shape index (κ1) is 12.9. The molecule has 0 unspecified atom stereocenters. The third kappa shape index (κ3) is 3.46. The van der Waals surface area contributed by atoms with E-state index in [0.29, 0.717) is 20.0 Å². The molecule has 2 aromatic rings. The minimum absolute atomic E-state index is 0.157. The van der Waals surface area contributed by atoms with Gasteiger partial charge in [0.2, 0.25) is 0 Å². The summed E-state index contributed by atoms with van der Waals surface area (Å²) in [7, 11) is 0.336. The summed E-state index contributed by atoms with van der Waals surface area (Å²) in [6, 6.07) is 5.12. The lowest BCUT2D eigenvalue weighted by molar-refractivity contribution is -0.168. The third-order valence-corrected chi connectivity index (χ3v) is 3.87. The SMILES string of the molecule is FC(F)(OCc1ccc2nccnc2c1)SI. The third-order valence-electron chi connectivity index (χ3n) is 2.03. The van der Waals surface area contributed by atoms with Crippen molar-refractivity contribution in [1.29, 1.82) is 0 Å². The molecule has 0 amide bonds. The highest BCUT2D eigenvalue weighted by molar-refractivity contribution is 14.2. The summed E-state index contributed by atoms with van der Waals surface area (Å²) in [5.74, 6) is 0.